The number of nitrogens with two attached hydrogens (primary N) is 1. The number of hydrogen-bond donors (Lipinski definition) is 2. The monoisotopic (exact) mass is 298 g/mol. The summed E-state index contributed by atoms with van der Waals surface area (Å²) in [5.41, 5.74) is 9.17. The molecule has 2 aromatic rings. The van der Waals surface area contributed by atoms with Crippen LogP contribution in [0.15, 0.2) is 48.5 Å². The van der Waals surface area contributed by atoms with Crippen molar-refractivity contribution < 1.29 is 4.79 Å². The van der Waals surface area contributed by atoms with Crippen molar-refractivity contribution in [2.45, 2.75) is 19.9 Å². The van der Waals surface area contributed by atoms with Gasteiger partial charge in [0.05, 0.1) is 6.04 Å². The Hall–Kier alpha value is -2.20. The van der Waals surface area contributed by atoms with E-state index >= 15 is 0 Å². The molecule has 0 saturated heterocycles. The third kappa shape index (κ3) is 3.89. The highest BCUT2D eigenvalue weighted by Gasteiger charge is 2.11. The van der Waals surface area contributed by atoms with E-state index in [0.29, 0.717) is 10.6 Å². The Balaban J connectivity index is 2.06. The van der Waals surface area contributed by atoms with Crippen LogP contribution >= 0.6 is 12.2 Å². The highest BCUT2D eigenvalue weighted by atomic mass is 32.1. The molecule has 0 fully saturated rings. The van der Waals surface area contributed by atoms with Gasteiger partial charge < -0.3 is 11.1 Å². The molecule has 0 heterocycles. The van der Waals surface area contributed by atoms with Crippen LogP contribution in [0.4, 0.5) is 0 Å². The molecule has 0 saturated carbocycles. The second-order valence-corrected chi connectivity index (χ2v) is 5.49. The highest BCUT2D eigenvalue weighted by Crippen LogP contribution is 2.14. The summed E-state index contributed by atoms with van der Waals surface area (Å²) in [4.78, 5) is 12.5. The summed E-state index contributed by atoms with van der Waals surface area (Å²) in [5, 5.41) is 2.98. The Labute approximate surface area is 130 Å². The zero-order chi connectivity index (χ0) is 15.4. The molecule has 2 rings (SSSR count). The van der Waals surface area contributed by atoms with Gasteiger partial charge in [-0.25, -0.2) is 0 Å². The fraction of sp³-hybridized carbons (Fsp3) is 0.176. The molecule has 1 unspecified atom stereocenters. The quantitative estimate of drug-likeness (QED) is 0.853. The third-order valence-corrected chi connectivity index (χ3v) is 3.59. The van der Waals surface area contributed by atoms with Crippen LogP contribution in [0.25, 0.3) is 0 Å². The molecular weight excluding hydrogens is 280 g/mol. The van der Waals surface area contributed by atoms with Gasteiger partial charge in [0, 0.05) is 11.1 Å². The van der Waals surface area contributed by atoms with Gasteiger partial charge in [-0.15, -0.1) is 0 Å². The zero-order valence-electron chi connectivity index (χ0n) is 12.1. The van der Waals surface area contributed by atoms with Crippen molar-refractivity contribution in [3.05, 3.63) is 70.8 Å². The van der Waals surface area contributed by atoms with E-state index in [0.717, 1.165) is 11.1 Å². The first kappa shape index (κ1) is 15.2. The lowest BCUT2D eigenvalue weighted by Gasteiger charge is -2.14. The second-order valence-electron chi connectivity index (χ2n) is 5.05. The van der Waals surface area contributed by atoms with Gasteiger partial charge in [-0.05, 0) is 31.5 Å². The van der Waals surface area contributed by atoms with Gasteiger partial charge in [0.2, 0.25) is 0 Å². The van der Waals surface area contributed by atoms with Gasteiger partial charge in [-0.1, -0.05) is 54.2 Å². The minimum absolute atomic E-state index is 0.0478. The van der Waals surface area contributed by atoms with Crippen LogP contribution in [0.3, 0.4) is 0 Å². The summed E-state index contributed by atoms with van der Waals surface area (Å²) in [6.07, 6.45) is 0. The maximum Gasteiger partial charge on any atom is 0.251 e. The van der Waals surface area contributed by atoms with Crippen molar-refractivity contribution in [2.24, 2.45) is 5.73 Å². The fourth-order valence-electron chi connectivity index (χ4n) is 2.00. The van der Waals surface area contributed by atoms with Crippen molar-refractivity contribution in [3.8, 4) is 0 Å². The lowest BCUT2D eigenvalue weighted by molar-refractivity contribution is 0.0940. The molecule has 0 aromatic heterocycles. The van der Waals surface area contributed by atoms with E-state index in [1.165, 1.54) is 5.56 Å². The molecule has 1 atom stereocenters. The Morgan fingerprint density at radius 2 is 1.57 bits per heavy atom. The molecule has 108 valence electrons. The predicted molar refractivity (Wildman–Crippen MR) is 89.4 cm³/mol. The summed E-state index contributed by atoms with van der Waals surface area (Å²) >= 11 is 4.89. The molecule has 0 aliphatic rings. The number of benzene rings is 2. The van der Waals surface area contributed by atoms with Crippen LogP contribution in [0, 0.1) is 6.92 Å². The number of thiocarbonyl (C=S) groups is 1. The Morgan fingerprint density at radius 1 is 1.05 bits per heavy atom. The van der Waals surface area contributed by atoms with Gasteiger partial charge >= 0.3 is 0 Å². The van der Waals surface area contributed by atoms with E-state index in [1.807, 2.05) is 38.1 Å². The molecular formula is C17H18N2OS. The highest BCUT2D eigenvalue weighted by molar-refractivity contribution is 7.80. The van der Waals surface area contributed by atoms with Crippen LogP contribution in [-0.2, 0) is 0 Å². The molecule has 4 heteroatoms. The summed E-state index contributed by atoms with van der Waals surface area (Å²) in [6.45, 7) is 4.00. The largest absolute Gasteiger partial charge is 0.389 e. The Bertz CT molecular complexity index is 647. The minimum Gasteiger partial charge on any atom is -0.389 e. The first-order chi connectivity index (χ1) is 9.97. The lowest BCUT2D eigenvalue weighted by Crippen LogP contribution is -2.26. The van der Waals surface area contributed by atoms with Crippen molar-refractivity contribution in [3.63, 3.8) is 0 Å². The molecule has 2 aromatic carbocycles. The molecule has 0 aliphatic carbocycles. The van der Waals surface area contributed by atoms with E-state index in [-0.39, 0.29) is 11.9 Å². The second kappa shape index (κ2) is 6.50. The maximum absolute atomic E-state index is 12.2. The standard InChI is InChI=1S/C17H18N2OS/c1-11-3-5-13(6-4-11)12(2)19-17(20)15-9-7-14(8-10-15)16(18)21/h3-10,12H,1-2H3,(H2,18,21)(H,19,20). The number of carbonyl (C=O) groups excluding carboxylic acids is 1. The topological polar surface area (TPSA) is 55.1 Å². The van der Waals surface area contributed by atoms with Crippen molar-refractivity contribution in [1.29, 1.82) is 0 Å². The van der Waals surface area contributed by atoms with Crippen molar-refractivity contribution in [2.75, 3.05) is 0 Å². The summed E-state index contributed by atoms with van der Waals surface area (Å²) in [6, 6.07) is 15.0. The molecule has 0 aliphatic heterocycles. The van der Waals surface area contributed by atoms with Crippen molar-refractivity contribution >= 4 is 23.1 Å². The van der Waals surface area contributed by atoms with E-state index in [9.17, 15) is 4.79 Å². The van der Waals surface area contributed by atoms with Gasteiger partial charge in [0.15, 0.2) is 0 Å². The van der Waals surface area contributed by atoms with Crippen LogP contribution in [0.1, 0.15) is 40.0 Å². The molecule has 0 radical (unpaired) electrons. The lowest BCUT2D eigenvalue weighted by atomic mass is 10.1. The van der Waals surface area contributed by atoms with Gasteiger partial charge in [0.25, 0.3) is 5.91 Å². The molecule has 21 heavy (non-hydrogen) atoms. The van der Waals surface area contributed by atoms with Crippen LogP contribution in [0.5, 0.6) is 0 Å². The summed E-state index contributed by atoms with van der Waals surface area (Å²) in [5.74, 6) is -0.113. The number of amides is 1. The van der Waals surface area contributed by atoms with Crippen LogP contribution < -0.4 is 11.1 Å². The number of aryl methyl sites for hydroxylation is 1. The Morgan fingerprint density at radius 3 is 2.10 bits per heavy atom. The van der Waals surface area contributed by atoms with E-state index in [2.05, 4.69) is 5.32 Å². The van der Waals surface area contributed by atoms with Crippen LogP contribution in [0.2, 0.25) is 0 Å². The first-order valence-electron chi connectivity index (χ1n) is 6.74. The molecule has 0 bridgehead atoms. The van der Waals surface area contributed by atoms with Gasteiger partial charge in [0.1, 0.15) is 4.99 Å². The van der Waals surface area contributed by atoms with Crippen LogP contribution in [-0.4, -0.2) is 10.9 Å². The summed E-state index contributed by atoms with van der Waals surface area (Å²) in [7, 11) is 0. The maximum atomic E-state index is 12.2. The SMILES string of the molecule is Cc1ccc(C(C)NC(=O)c2ccc(C(N)=S)cc2)cc1. The molecule has 0 spiro atoms. The normalized spacial score (nSPS) is 11.7. The minimum atomic E-state index is -0.113. The van der Waals surface area contributed by atoms with E-state index in [4.69, 9.17) is 18.0 Å². The smallest absolute Gasteiger partial charge is 0.251 e. The number of hydrogen-bond acceptors (Lipinski definition) is 2. The Kier molecular flexibility index (Phi) is 4.70. The number of rotatable bonds is 4. The molecule has 1 amide bonds. The van der Waals surface area contributed by atoms with E-state index in [1.54, 1.807) is 24.3 Å². The number of nitrogens with one attached hydrogen (secondary N) is 1. The number of carbonyl (C=O) groups is 1. The predicted octanol–water partition coefficient (Wildman–Crippen LogP) is 3.12. The first-order valence-corrected chi connectivity index (χ1v) is 7.15. The average Bonchev–Trinajstić information content (AvgIpc) is 2.47. The summed E-state index contributed by atoms with van der Waals surface area (Å²) < 4.78 is 0. The van der Waals surface area contributed by atoms with Crippen molar-refractivity contribution in [1.82, 2.24) is 5.32 Å². The average molecular weight is 298 g/mol. The van der Waals surface area contributed by atoms with Gasteiger partial charge in [-0.3, -0.25) is 4.79 Å². The third-order valence-electron chi connectivity index (χ3n) is 3.36. The van der Waals surface area contributed by atoms with E-state index < -0.39 is 0 Å². The fourth-order valence-corrected chi connectivity index (χ4v) is 2.14. The van der Waals surface area contributed by atoms with Gasteiger partial charge in [-0.2, -0.15) is 0 Å². The zero-order valence-corrected chi connectivity index (χ0v) is 12.9. The molecule has 3 nitrogen and oxygen atoms in total. The molecule has 3 N–H and O–H groups in total.